The molecule has 2 aromatic carbocycles. The van der Waals surface area contributed by atoms with Crippen molar-refractivity contribution < 1.29 is 4.79 Å². The lowest BCUT2D eigenvalue weighted by molar-refractivity contribution is 0.0973. The Morgan fingerprint density at radius 2 is 1.86 bits per heavy atom. The molecule has 0 amide bonds. The van der Waals surface area contributed by atoms with Gasteiger partial charge in [-0.2, -0.15) is 0 Å². The average Bonchev–Trinajstić information content (AvgIpc) is 2.50. The predicted octanol–water partition coefficient (Wildman–Crippen LogP) is 4.03. The van der Waals surface area contributed by atoms with Crippen LogP contribution in [0.4, 0.5) is 11.4 Å². The third-order valence-corrected chi connectivity index (χ3v) is 4.62. The smallest absolute Gasteiger partial charge is 0.166 e. The molecule has 21 heavy (non-hydrogen) atoms. The number of para-hydroxylation sites is 2. The molecule has 0 aromatic heterocycles. The first-order valence-corrected chi connectivity index (χ1v) is 7.81. The minimum Gasteiger partial charge on any atom is -0.353 e. The molecular formula is C17H18N2OS. The van der Waals surface area contributed by atoms with Gasteiger partial charge in [-0.15, -0.1) is 0 Å². The first-order chi connectivity index (χ1) is 10.1. The van der Waals surface area contributed by atoms with Crippen LogP contribution in [0.25, 0.3) is 0 Å². The molecule has 0 aliphatic carbocycles. The number of fused-ring (bicyclic) bond motifs is 2. The fourth-order valence-corrected chi connectivity index (χ4v) is 3.37. The van der Waals surface area contributed by atoms with Crippen LogP contribution in [0.1, 0.15) is 16.8 Å². The van der Waals surface area contributed by atoms with Gasteiger partial charge in [-0.1, -0.05) is 30.0 Å². The summed E-state index contributed by atoms with van der Waals surface area (Å²) in [4.78, 5) is 16.8. The molecule has 0 bridgehead atoms. The van der Waals surface area contributed by atoms with E-state index in [-0.39, 0.29) is 5.78 Å². The molecule has 0 saturated heterocycles. The lowest BCUT2D eigenvalue weighted by atomic mass is 10.1. The summed E-state index contributed by atoms with van der Waals surface area (Å²) in [6.07, 6.45) is 0.539. The Balaban J connectivity index is 1.91. The Labute approximate surface area is 129 Å². The maximum atomic E-state index is 12.5. The molecule has 2 aromatic rings. The van der Waals surface area contributed by atoms with Crippen LogP contribution in [0.2, 0.25) is 0 Å². The van der Waals surface area contributed by atoms with E-state index in [0.29, 0.717) is 6.42 Å². The molecule has 4 heteroatoms. The highest BCUT2D eigenvalue weighted by molar-refractivity contribution is 7.99. The predicted molar refractivity (Wildman–Crippen MR) is 87.8 cm³/mol. The molecule has 108 valence electrons. The Morgan fingerprint density at radius 1 is 1.10 bits per heavy atom. The van der Waals surface area contributed by atoms with E-state index in [0.717, 1.165) is 28.4 Å². The first-order valence-electron chi connectivity index (χ1n) is 7.00. The van der Waals surface area contributed by atoms with E-state index >= 15 is 0 Å². The summed E-state index contributed by atoms with van der Waals surface area (Å²) < 4.78 is 0. The van der Waals surface area contributed by atoms with Gasteiger partial charge in [0.1, 0.15) is 0 Å². The molecule has 3 rings (SSSR count). The van der Waals surface area contributed by atoms with Gasteiger partial charge in [-0.25, -0.2) is 0 Å². The van der Waals surface area contributed by atoms with Gasteiger partial charge in [-0.3, -0.25) is 4.79 Å². The minimum atomic E-state index is 0.188. The Morgan fingerprint density at radius 3 is 2.67 bits per heavy atom. The van der Waals surface area contributed by atoms with Crippen molar-refractivity contribution in [3.8, 4) is 0 Å². The second-order valence-corrected chi connectivity index (χ2v) is 6.46. The summed E-state index contributed by atoms with van der Waals surface area (Å²) in [6, 6.07) is 14.1. The number of carbonyl (C=O) groups is 1. The third kappa shape index (κ3) is 2.96. The maximum absolute atomic E-state index is 12.5. The van der Waals surface area contributed by atoms with Crippen molar-refractivity contribution in [1.29, 1.82) is 0 Å². The average molecular weight is 298 g/mol. The molecule has 1 heterocycles. The SMILES string of the molecule is CN(C)CCC(=O)c1cccc2c1Nc1ccccc1S2. The molecule has 1 N–H and O–H groups in total. The van der Waals surface area contributed by atoms with Gasteiger partial charge in [0, 0.05) is 28.3 Å². The van der Waals surface area contributed by atoms with E-state index in [9.17, 15) is 4.79 Å². The molecule has 0 unspecified atom stereocenters. The Kier molecular flexibility index (Phi) is 3.99. The quantitative estimate of drug-likeness (QED) is 0.737. The summed E-state index contributed by atoms with van der Waals surface area (Å²) in [5, 5.41) is 3.42. The van der Waals surface area contributed by atoms with Crippen LogP contribution in [0, 0.1) is 0 Å². The zero-order chi connectivity index (χ0) is 14.8. The first kappa shape index (κ1) is 14.2. The van der Waals surface area contributed by atoms with Crippen molar-refractivity contribution in [1.82, 2.24) is 4.90 Å². The van der Waals surface area contributed by atoms with Crippen LogP contribution < -0.4 is 5.32 Å². The highest BCUT2D eigenvalue weighted by Gasteiger charge is 2.20. The fourth-order valence-electron chi connectivity index (χ4n) is 2.35. The molecule has 0 fully saturated rings. The normalized spacial score (nSPS) is 12.5. The van der Waals surface area contributed by atoms with Gasteiger partial charge >= 0.3 is 0 Å². The minimum absolute atomic E-state index is 0.188. The molecule has 0 atom stereocenters. The Bertz CT molecular complexity index is 682. The number of hydrogen-bond acceptors (Lipinski definition) is 4. The molecule has 0 radical (unpaired) electrons. The van der Waals surface area contributed by atoms with Crippen molar-refractivity contribution in [2.24, 2.45) is 0 Å². The van der Waals surface area contributed by atoms with Crippen molar-refractivity contribution in [3.63, 3.8) is 0 Å². The molecule has 1 aliphatic heterocycles. The van der Waals surface area contributed by atoms with Crippen molar-refractivity contribution in [2.45, 2.75) is 16.2 Å². The second-order valence-electron chi connectivity index (χ2n) is 5.38. The lowest BCUT2D eigenvalue weighted by Gasteiger charge is -2.23. The zero-order valence-corrected chi connectivity index (χ0v) is 13.0. The summed E-state index contributed by atoms with van der Waals surface area (Å²) in [7, 11) is 3.97. The molecule has 0 spiro atoms. The number of anilines is 2. The van der Waals surface area contributed by atoms with Gasteiger partial charge < -0.3 is 10.2 Å². The highest BCUT2D eigenvalue weighted by atomic mass is 32.2. The van der Waals surface area contributed by atoms with Gasteiger partial charge in [0.2, 0.25) is 0 Å². The number of ketones is 1. The van der Waals surface area contributed by atoms with E-state index in [4.69, 9.17) is 0 Å². The summed E-state index contributed by atoms with van der Waals surface area (Å²) >= 11 is 1.71. The number of nitrogens with one attached hydrogen (secondary N) is 1. The van der Waals surface area contributed by atoms with E-state index in [1.54, 1.807) is 11.8 Å². The number of rotatable bonds is 4. The molecular weight excluding hydrogens is 280 g/mol. The number of carbonyl (C=O) groups excluding carboxylic acids is 1. The van der Waals surface area contributed by atoms with Crippen molar-refractivity contribution >= 4 is 28.9 Å². The van der Waals surface area contributed by atoms with Crippen LogP contribution in [-0.4, -0.2) is 31.3 Å². The highest BCUT2D eigenvalue weighted by Crippen LogP contribution is 2.45. The Hall–Kier alpha value is -1.78. The van der Waals surface area contributed by atoms with Crippen LogP contribution in [-0.2, 0) is 0 Å². The number of hydrogen-bond donors (Lipinski definition) is 1. The van der Waals surface area contributed by atoms with Crippen LogP contribution in [0.5, 0.6) is 0 Å². The van der Waals surface area contributed by atoms with Crippen LogP contribution >= 0.6 is 11.8 Å². The zero-order valence-electron chi connectivity index (χ0n) is 12.2. The number of nitrogens with zero attached hydrogens (tertiary/aromatic N) is 1. The molecule has 1 aliphatic rings. The topological polar surface area (TPSA) is 32.3 Å². The van der Waals surface area contributed by atoms with Gasteiger partial charge in [0.05, 0.1) is 11.4 Å². The third-order valence-electron chi connectivity index (χ3n) is 3.48. The maximum Gasteiger partial charge on any atom is 0.166 e. The fraction of sp³-hybridized carbons (Fsp3) is 0.235. The number of benzene rings is 2. The van der Waals surface area contributed by atoms with E-state index in [1.807, 2.05) is 49.3 Å². The van der Waals surface area contributed by atoms with Gasteiger partial charge in [-0.05, 0) is 38.4 Å². The van der Waals surface area contributed by atoms with Gasteiger partial charge in [0.15, 0.2) is 5.78 Å². The standard InChI is InChI=1S/C17H18N2OS/c1-19(2)11-10-14(20)12-6-5-9-16-17(12)18-13-7-3-4-8-15(13)21-16/h3-9,18H,10-11H2,1-2H3. The summed E-state index contributed by atoms with van der Waals surface area (Å²) in [5.41, 5.74) is 2.81. The summed E-state index contributed by atoms with van der Waals surface area (Å²) in [6.45, 7) is 0.770. The van der Waals surface area contributed by atoms with Crippen molar-refractivity contribution in [3.05, 3.63) is 48.0 Å². The van der Waals surface area contributed by atoms with Crippen LogP contribution in [0.3, 0.4) is 0 Å². The summed E-state index contributed by atoms with van der Waals surface area (Å²) in [5.74, 6) is 0.188. The van der Waals surface area contributed by atoms with E-state index < -0.39 is 0 Å². The number of Topliss-reactive ketones (excluding diaryl/α,β-unsaturated/α-hetero) is 1. The van der Waals surface area contributed by atoms with Crippen molar-refractivity contribution in [2.75, 3.05) is 26.0 Å². The molecule has 0 saturated carbocycles. The van der Waals surface area contributed by atoms with E-state index in [1.165, 1.54) is 4.90 Å². The van der Waals surface area contributed by atoms with E-state index in [2.05, 4.69) is 17.4 Å². The monoisotopic (exact) mass is 298 g/mol. The molecule has 3 nitrogen and oxygen atoms in total. The van der Waals surface area contributed by atoms with Gasteiger partial charge in [0.25, 0.3) is 0 Å². The lowest BCUT2D eigenvalue weighted by Crippen LogP contribution is -2.17. The van der Waals surface area contributed by atoms with Crippen LogP contribution in [0.15, 0.2) is 52.3 Å². The largest absolute Gasteiger partial charge is 0.353 e. The second kappa shape index (κ2) is 5.92.